The fourth-order valence-corrected chi connectivity index (χ4v) is 2.51. The summed E-state index contributed by atoms with van der Waals surface area (Å²) >= 11 is 0. The van der Waals surface area contributed by atoms with Crippen LogP contribution in [-0.2, 0) is 10.1 Å². The van der Waals surface area contributed by atoms with E-state index in [0.29, 0.717) is 11.3 Å². The van der Waals surface area contributed by atoms with Crippen molar-refractivity contribution in [3.8, 4) is 5.75 Å². The third-order valence-corrected chi connectivity index (χ3v) is 3.72. The Bertz CT molecular complexity index is 814. The van der Waals surface area contributed by atoms with Crippen molar-refractivity contribution in [3.05, 3.63) is 47.5 Å². The average Bonchev–Trinajstić information content (AvgIpc) is 2.38. The largest absolute Gasteiger partial charge is 0.507 e. The standard InChI is InChI=1S/C14H14N2O4S/c15-11-5-3-9(13(17)7-11)1-2-10-4-6-12(16)8-14(10)21(18,19)20/h1-8,17H,15-16H2,(H,18,19,20)/b2-1+. The molecule has 0 fully saturated rings. The molecule has 21 heavy (non-hydrogen) atoms. The van der Waals surface area contributed by atoms with Gasteiger partial charge < -0.3 is 16.6 Å². The molecule has 2 aromatic rings. The minimum atomic E-state index is -4.39. The molecule has 0 spiro atoms. The summed E-state index contributed by atoms with van der Waals surface area (Å²) in [5, 5.41) is 9.72. The van der Waals surface area contributed by atoms with Crippen LogP contribution in [0.25, 0.3) is 12.2 Å². The van der Waals surface area contributed by atoms with Crippen molar-refractivity contribution in [2.75, 3.05) is 11.5 Å². The molecule has 0 aliphatic rings. The van der Waals surface area contributed by atoms with Crippen LogP contribution in [0.4, 0.5) is 11.4 Å². The number of phenolic OH excluding ortho intramolecular Hbond substituents is 1. The van der Waals surface area contributed by atoms with Gasteiger partial charge in [0.15, 0.2) is 0 Å². The number of phenols is 1. The van der Waals surface area contributed by atoms with Gasteiger partial charge in [0, 0.05) is 23.0 Å². The van der Waals surface area contributed by atoms with Gasteiger partial charge in [-0.3, -0.25) is 4.55 Å². The van der Waals surface area contributed by atoms with E-state index in [9.17, 15) is 18.1 Å². The van der Waals surface area contributed by atoms with Gasteiger partial charge in [-0.05, 0) is 29.8 Å². The molecule has 2 aromatic carbocycles. The average molecular weight is 306 g/mol. The minimum Gasteiger partial charge on any atom is -0.507 e. The van der Waals surface area contributed by atoms with Crippen LogP contribution < -0.4 is 11.5 Å². The van der Waals surface area contributed by atoms with Crippen molar-refractivity contribution in [1.82, 2.24) is 0 Å². The summed E-state index contributed by atoms with van der Waals surface area (Å²) in [4.78, 5) is -0.298. The summed E-state index contributed by atoms with van der Waals surface area (Å²) in [5.41, 5.74) is 12.4. The Hall–Kier alpha value is -2.51. The third kappa shape index (κ3) is 3.53. The van der Waals surface area contributed by atoms with Crippen LogP contribution in [-0.4, -0.2) is 18.1 Å². The van der Waals surface area contributed by atoms with E-state index in [1.54, 1.807) is 12.1 Å². The van der Waals surface area contributed by atoms with Gasteiger partial charge in [0.25, 0.3) is 10.1 Å². The second-order valence-electron chi connectivity index (χ2n) is 4.42. The summed E-state index contributed by atoms with van der Waals surface area (Å²) in [5.74, 6) is -0.0323. The molecule has 0 aromatic heterocycles. The maximum Gasteiger partial charge on any atom is 0.295 e. The molecule has 0 saturated heterocycles. The SMILES string of the molecule is Nc1ccc(/C=C/c2ccc(N)cc2S(=O)(=O)O)c(O)c1. The van der Waals surface area contributed by atoms with E-state index in [4.69, 9.17) is 11.5 Å². The second-order valence-corrected chi connectivity index (χ2v) is 5.81. The first-order valence-electron chi connectivity index (χ1n) is 5.91. The predicted octanol–water partition coefficient (Wildman–Crippen LogP) is 1.97. The fourth-order valence-electron chi connectivity index (χ4n) is 1.79. The Kier molecular flexibility index (Phi) is 3.88. The third-order valence-electron chi connectivity index (χ3n) is 2.81. The molecule has 0 aliphatic heterocycles. The van der Waals surface area contributed by atoms with Crippen LogP contribution in [0.2, 0.25) is 0 Å². The molecule has 6 nitrogen and oxygen atoms in total. The molecule has 0 atom stereocenters. The molecule has 0 radical (unpaired) electrons. The summed E-state index contributed by atoms with van der Waals surface area (Å²) in [6, 6.07) is 8.71. The highest BCUT2D eigenvalue weighted by Crippen LogP contribution is 2.25. The van der Waals surface area contributed by atoms with Crippen LogP contribution in [0, 0.1) is 0 Å². The number of anilines is 2. The highest BCUT2D eigenvalue weighted by atomic mass is 32.2. The molecule has 110 valence electrons. The van der Waals surface area contributed by atoms with Crippen molar-refractivity contribution >= 4 is 33.6 Å². The van der Waals surface area contributed by atoms with Gasteiger partial charge >= 0.3 is 0 Å². The molecule has 0 saturated carbocycles. The van der Waals surface area contributed by atoms with E-state index in [2.05, 4.69) is 0 Å². The zero-order chi connectivity index (χ0) is 15.6. The number of hydrogen-bond donors (Lipinski definition) is 4. The van der Waals surface area contributed by atoms with Gasteiger partial charge in [-0.2, -0.15) is 8.42 Å². The molecule has 0 aliphatic carbocycles. The van der Waals surface area contributed by atoms with Crippen molar-refractivity contribution in [3.63, 3.8) is 0 Å². The maximum atomic E-state index is 11.3. The minimum absolute atomic E-state index is 0.0323. The molecule has 0 amide bonds. The molecular weight excluding hydrogens is 292 g/mol. The van der Waals surface area contributed by atoms with Crippen LogP contribution in [0.1, 0.15) is 11.1 Å². The van der Waals surface area contributed by atoms with Crippen LogP contribution in [0.5, 0.6) is 5.75 Å². The zero-order valence-corrected chi connectivity index (χ0v) is 11.7. The van der Waals surface area contributed by atoms with Crippen molar-refractivity contribution in [2.24, 2.45) is 0 Å². The number of hydrogen-bond acceptors (Lipinski definition) is 5. The van der Waals surface area contributed by atoms with E-state index in [1.165, 1.54) is 30.4 Å². The van der Waals surface area contributed by atoms with E-state index >= 15 is 0 Å². The Labute approximate surface area is 122 Å². The lowest BCUT2D eigenvalue weighted by Gasteiger charge is -2.05. The summed E-state index contributed by atoms with van der Waals surface area (Å²) in [6.07, 6.45) is 2.96. The lowest BCUT2D eigenvalue weighted by Crippen LogP contribution is -2.02. The smallest absolute Gasteiger partial charge is 0.295 e. The molecular formula is C14H14N2O4S. The van der Waals surface area contributed by atoms with Gasteiger partial charge in [0.2, 0.25) is 0 Å². The van der Waals surface area contributed by atoms with Gasteiger partial charge in [0.05, 0.1) is 0 Å². The molecule has 0 unspecified atom stereocenters. The highest BCUT2D eigenvalue weighted by molar-refractivity contribution is 7.86. The normalized spacial score (nSPS) is 11.9. The Morgan fingerprint density at radius 1 is 0.905 bits per heavy atom. The van der Waals surface area contributed by atoms with E-state index < -0.39 is 10.1 Å². The predicted molar refractivity (Wildman–Crippen MR) is 82.1 cm³/mol. The number of nitrogens with two attached hydrogens (primary N) is 2. The quantitative estimate of drug-likeness (QED) is 0.390. The lowest BCUT2D eigenvalue weighted by atomic mass is 10.1. The Balaban J connectivity index is 2.46. The molecule has 0 heterocycles. The van der Waals surface area contributed by atoms with Crippen LogP contribution in [0.3, 0.4) is 0 Å². The Morgan fingerprint density at radius 3 is 2.00 bits per heavy atom. The van der Waals surface area contributed by atoms with Gasteiger partial charge in [-0.25, -0.2) is 0 Å². The topological polar surface area (TPSA) is 127 Å². The van der Waals surface area contributed by atoms with Crippen molar-refractivity contribution in [1.29, 1.82) is 0 Å². The Morgan fingerprint density at radius 2 is 1.43 bits per heavy atom. The fraction of sp³-hybridized carbons (Fsp3) is 0. The molecule has 2 rings (SSSR count). The first-order chi connectivity index (χ1) is 9.77. The van der Waals surface area contributed by atoms with E-state index in [1.807, 2.05) is 0 Å². The van der Waals surface area contributed by atoms with Crippen molar-refractivity contribution in [2.45, 2.75) is 4.90 Å². The number of rotatable bonds is 3. The maximum absolute atomic E-state index is 11.3. The number of aromatic hydroxyl groups is 1. The van der Waals surface area contributed by atoms with Crippen LogP contribution >= 0.6 is 0 Å². The lowest BCUT2D eigenvalue weighted by molar-refractivity contribution is 0.474. The van der Waals surface area contributed by atoms with E-state index in [-0.39, 0.29) is 21.9 Å². The van der Waals surface area contributed by atoms with Gasteiger partial charge in [0.1, 0.15) is 10.6 Å². The number of benzene rings is 2. The van der Waals surface area contributed by atoms with Gasteiger partial charge in [-0.15, -0.1) is 0 Å². The molecule has 7 heteroatoms. The highest BCUT2D eigenvalue weighted by Gasteiger charge is 2.14. The summed E-state index contributed by atoms with van der Waals surface area (Å²) in [7, 11) is -4.39. The second kappa shape index (κ2) is 5.47. The zero-order valence-electron chi connectivity index (χ0n) is 10.9. The molecule has 6 N–H and O–H groups in total. The first-order valence-corrected chi connectivity index (χ1v) is 7.35. The van der Waals surface area contributed by atoms with E-state index in [0.717, 1.165) is 6.07 Å². The van der Waals surface area contributed by atoms with Crippen molar-refractivity contribution < 1.29 is 18.1 Å². The summed E-state index contributed by atoms with van der Waals surface area (Å²) in [6.45, 7) is 0. The summed E-state index contributed by atoms with van der Waals surface area (Å²) < 4.78 is 31.9. The van der Waals surface area contributed by atoms with Crippen LogP contribution in [0.15, 0.2) is 41.3 Å². The monoisotopic (exact) mass is 306 g/mol. The number of nitrogen functional groups attached to an aromatic ring is 2. The first kappa shape index (κ1) is 14.9. The molecule has 0 bridgehead atoms. The van der Waals surface area contributed by atoms with Gasteiger partial charge in [-0.1, -0.05) is 18.2 Å².